The molecule has 0 spiro atoms. The number of aromatic hydroxyl groups is 1. The van der Waals surface area contributed by atoms with E-state index in [1.807, 2.05) is 12.1 Å². The number of hydrogen-bond donors (Lipinski definition) is 1. The summed E-state index contributed by atoms with van der Waals surface area (Å²) in [6.07, 6.45) is 0. The Hall–Kier alpha value is -0.580. The minimum atomic E-state index is 0.249. The van der Waals surface area contributed by atoms with Gasteiger partial charge < -0.3 is 5.11 Å². The number of phenols is 1. The molecule has 2 atom stereocenters. The van der Waals surface area contributed by atoms with Crippen LogP contribution in [0.25, 0.3) is 0 Å². The highest BCUT2D eigenvalue weighted by Crippen LogP contribution is 2.32. The van der Waals surface area contributed by atoms with Gasteiger partial charge in [0, 0.05) is 41.8 Å². The second-order valence-corrected chi connectivity index (χ2v) is 6.27. The van der Waals surface area contributed by atoms with E-state index in [2.05, 4.69) is 46.5 Å². The van der Waals surface area contributed by atoms with Gasteiger partial charge in [-0.3, -0.25) is 9.80 Å². The fourth-order valence-corrected chi connectivity index (χ4v) is 3.28. The first-order chi connectivity index (χ1) is 9.02. The third-order valence-corrected chi connectivity index (χ3v) is 4.68. The lowest BCUT2D eigenvalue weighted by Crippen LogP contribution is -2.52. The molecule has 1 aromatic rings. The number of nitrogens with zero attached hydrogens (tertiary/aromatic N) is 2. The summed E-state index contributed by atoms with van der Waals surface area (Å²) >= 11 is 3.48. The van der Waals surface area contributed by atoms with E-state index in [0.29, 0.717) is 11.8 Å². The molecule has 1 aromatic carbocycles. The highest BCUT2D eigenvalue weighted by Gasteiger charge is 2.27. The summed E-state index contributed by atoms with van der Waals surface area (Å²) in [4.78, 5) is 4.96. The van der Waals surface area contributed by atoms with Gasteiger partial charge in [-0.15, -0.1) is 0 Å². The maximum atomic E-state index is 10.0. The number of halogens is 1. The first-order valence-electron chi connectivity index (χ1n) is 6.99. The quantitative estimate of drug-likeness (QED) is 0.923. The Labute approximate surface area is 124 Å². The highest BCUT2D eigenvalue weighted by atomic mass is 79.9. The van der Waals surface area contributed by atoms with Crippen molar-refractivity contribution in [1.29, 1.82) is 0 Å². The van der Waals surface area contributed by atoms with Crippen LogP contribution in [0, 0.1) is 0 Å². The predicted molar refractivity (Wildman–Crippen MR) is 82.5 cm³/mol. The molecule has 19 heavy (non-hydrogen) atoms. The molecule has 1 saturated heterocycles. The Morgan fingerprint density at radius 1 is 1.42 bits per heavy atom. The predicted octanol–water partition coefficient (Wildman–Crippen LogP) is 3.24. The summed E-state index contributed by atoms with van der Waals surface area (Å²) < 4.78 is 1.02. The molecule has 1 aliphatic rings. The number of benzene rings is 1. The van der Waals surface area contributed by atoms with E-state index < -0.39 is 0 Å². The van der Waals surface area contributed by atoms with Gasteiger partial charge in [0.25, 0.3) is 0 Å². The molecule has 0 bridgehead atoms. The van der Waals surface area contributed by atoms with Crippen LogP contribution in [0.1, 0.15) is 32.4 Å². The third-order valence-electron chi connectivity index (χ3n) is 4.19. The molecule has 0 amide bonds. The molecule has 1 fully saturated rings. The van der Waals surface area contributed by atoms with Gasteiger partial charge in [-0.05, 0) is 38.6 Å². The van der Waals surface area contributed by atoms with Gasteiger partial charge in [0.1, 0.15) is 5.75 Å². The minimum Gasteiger partial charge on any atom is -0.508 e. The lowest BCUT2D eigenvalue weighted by molar-refractivity contribution is 0.0629. The molecule has 2 rings (SSSR count). The molecule has 1 N–H and O–H groups in total. The maximum absolute atomic E-state index is 10.0. The van der Waals surface area contributed by atoms with E-state index in [-0.39, 0.29) is 6.04 Å². The topological polar surface area (TPSA) is 26.7 Å². The van der Waals surface area contributed by atoms with E-state index in [0.717, 1.165) is 36.2 Å². The SMILES string of the molecule is CCN1CCN(C(C)c2cc(Br)ccc2O)CC1C. The monoisotopic (exact) mass is 326 g/mol. The molecule has 0 saturated carbocycles. The van der Waals surface area contributed by atoms with Crippen LogP contribution in [-0.4, -0.2) is 47.1 Å². The van der Waals surface area contributed by atoms with Crippen molar-refractivity contribution >= 4 is 15.9 Å². The van der Waals surface area contributed by atoms with E-state index >= 15 is 0 Å². The van der Waals surface area contributed by atoms with Crippen LogP contribution in [0.15, 0.2) is 22.7 Å². The third kappa shape index (κ3) is 3.30. The Balaban J connectivity index is 2.12. The lowest BCUT2D eigenvalue weighted by Gasteiger charge is -2.42. The van der Waals surface area contributed by atoms with Crippen LogP contribution in [0.2, 0.25) is 0 Å². The fourth-order valence-electron chi connectivity index (χ4n) is 2.90. The van der Waals surface area contributed by atoms with Crippen LogP contribution >= 0.6 is 15.9 Å². The zero-order chi connectivity index (χ0) is 14.0. The molecule has 3 nitrogen and oxygen atoms in total. The van der Waals surface area contributed by atoms with Crippen molar-refractivity contribution < 1.29 is 5.11 Å². The molecule has 1 aliphatic heterocycles. The van der Waals surface area contributed by atoms with Crippen molar-refractivity contribution in [3.8, 4) is 5.75 Å². The van der Waals surface area contributed by atoms with Gasteiger partial charge in [0.15, 0.2) is 0 Å². The average Bonchev–Trinajstić information content (AvgIpc) is 2.40. The molecule has 0 aliphatic carbocycles. The number of piperazine rings is 1. The Morgan fingerprint density at radius 3 is 2.79 bits per heavy atom. The van der Waals surface area contributed by atoms with Crippen LogP contribution in [0.4, 0.5) is 0 Å². The largest absolute Gasteiger partial charge is 0.508 e. The van der Waals surface area contributed by atoms with Crippen molar-refractivity contribution in [2.75, 3.05) is 26.2 Å². The van der Waals surface area contributed by atoms with E-state index in [1.54, 1.807) is 6.07 Å². The van der Waals surface area contributed by atoms with Gasteiger partial charge in [0.2, 0.25) is 0 Å². The molecule has 1 heterocycles. The van der Waals surface area contributed by atoms with Crippen molar-refractivity contribution in [2.45, 2.75) is 32.9 Å². The van der Waals surface area contributed by atoms with Gasteiger partial charge in [-0.25, -0.2) is 0 Å². The fraction of sp³-hybridized carbons (Fsp3) is 0.600. The van der Waals surface area contributed by atoms with Crippen LogP contribution < -0.4 is 0 Å². The van der Waals surface area contributed by atoms with Crippen molar-refractivity contribution in [3.05, 3.63) is 28.2 Å². The zero-order valence-corrected chi connectivity index (χ0v) is 13.5. The van der Waals surface area contributed by atoms with Crippen molar-refractivity contribution in [1.82, 2.24) is 9.80 Å². The minimum absolute atomic E-state index is 0.249. The van der Waals surface area contributed by atoms with E-state index in [1.165, 1.54) is 0 Å². The number of likely N-dealkylation sites (N-methyl/N-ethyl adjacent to an activating group) is 1. The van der Waals surface area contributed by atoms with Crippen molar-refractivity contribution in [2.24, 2.45) is 0 Å². The van der Waals surface area contributed by atoms with Gasteiger partial charge >= 0.3 is 0 Å². The molecular weight excluding hydrogens is 304 g/mol. The molecule has 106 valence electrons. The second kappa shape index (κ2) is 6.25. The number of rotatable bonds is 3. The van der Waals surface area contributed by atoms with Crippen molar-refractivity contribution in [3.63, 3.8) is 0 Å². The smallest absolute Gasteiger partial charge is 0.120 e. The Bertz CT molecular complexity index is 438. The Kier molecular flexibility index (Phi) is 4.87. The number of phenolic OH excluding ortho intramolecular Hbond substituents is 1. The average molecular weight is 327 g/mol. The maximum Gasteiger partial charge on any atom is 0.120 e. The van der Waals surface area contributed by atoms with Gasteiger partial charge in [-0.2, -0.15) is 0 Å². The van der Waals surface area contributed by atoms with Crippen LogP contribution in [0.3, 0.4) is 0 Å². The summed E-state index contributed by atoms with van der Waals surface area (Å²) in [7, 11) is 0. The summed E-state index contributed by atoms with van der Waals surface area (Å²) in [6.45, 7) is 11.0. The summed E-state index contributed by atoms with van der Waals surface area (Å²) in [6, 6.07) is 6.50. The van der Waals surface area contributed by atoms with Gasteiger partial charge in [-0.1, -0.05) is 22.9 Å². The van der Waals surface area contributed by atoms with E-state index in [4.69, 9.17) is 0 Å². The summed E-state index contributed by atoms with van der Waals surface area (Å²) in [5, 5.41) is 10.0. The summed E-state index contributed by atoms with van der Waals surface area (Å²) in [5.41, 5.74) is 1.01. The molecule has 0 aromatic heterocycles. The molecule has 2 unspecified atom stereocenters. The normalized spacial score (nSPS) is 23.5. The van der Waals surface area contributed by atoms with Crippen LogP contribution in [0.5, 0.6) is 5.75 Å². The van der Waals surface area contributed by atoms with Crippen LogP contribution in [-0.2, 0) is 0 Å². The Morgan fingerprint density at radius 2 is 2.16 bits per heavy atom. The first-order valence-corrected chi connectivity index (χ1v) is 7.78. The summed E-state index contributed by atoms with van der Waals surface area (Å²) in [5.74, 6) is 0.390. The van der Waals surface area contributed by atoms with E-state index in [9.17, 15) is 5.11 Å². The first kappa shape index (κ1) is 14.8. The second-order valence-electron chi connectivity index (χ2n) is 5.35. The zero-order valence-electron chi connectivity index (χ0n) is 11.9. The molecule has 4 heteroatoms. The highest BCUT2D eigenvalue weighted by molar-refractivity contribution is 9.10. The lowest BCUT2D eigenvalue weighted by atomic mass is 10.0. The van der Waals surface area contributed by atoms with Gasteiger partial charge in [0.05, 0.1) is 0 Å². The molecule has 0 radical (unpaired) electrons. The molecular formula is C15H23BrN2O. The standard InChI is InChI=1S/C15H23BrN2O/c1-4-17-7-8-18(10-11(17)2)12(3)14-9-13(16)5-6-15(14)19/h5-6,9,11-12,19H,4,7-8,10H2,1-3H3. The number of hydrogen-bond acceptors (Lipinski definition) is 3.